The van der Waals surface area contributed by atoms with Gasteiger partial charge in [-0.05, 0) is 70.1 Å². The Hall–Kier alpha value is -2.93. The minimum atomic E-state index is -0.194. The maximum Gasteiger partial charge on any atom is 0.263 e. The van der Waals surface area contributed by atoms with Crippen molar-refractivity contribution in [3.05, 3.63) is 57.9 Å². The number of nitrogens with zero attached hydrogens (tertiary/aromatic N) is 5. The van der Waals surface area contributed by atoms with Gasteiger partial charge in [0.15, 0.2) is 0 Å². The Kier molecular flexibility index (Phi) is 7.01. The molecule has 1 fully saturated rings. The lowest BCUT2D eigenvalue weighted by Gasteiger charge is -2.39. The van der Waals surface area contributed by atoms with E-state index in [1.54, 1.807) is 17.2 Å². The normalized spacial score (nSPS) is 20.2. The summed E-state index contributed by atoms with van der Waals surface area (Å²) in [6.45, 7) is 16.7. The largest absolute Gasteiger partial charge is 0.368 e. The highest BCUT2D eigenvalue weighted by molar-refractivity contribution is 6.23. The number of fused-ring (bicyclic) bond motifs is 1. The number of piperazine rings is 1. The molecule has 0 bridgehead atoms. The molecule has 37 heavy (non-hydrogen) atoms. The fourth-order valence-electron chi connectivity index (χ4n) is 6.59. The molecule has 3 heterocycles. The van der Waals surface area contributed by atoms with Crippen LogP contribution in [0.15, 0.2) is 35.4 Å². The van der Waals surface area contributed by atoms with Gasteiger partial charge in [0.2, 0.25) is 0 Å². The molecule has 0 unspecified atom stereocenters. The Morgan fingerprint density at radius 3 is 2.38 bits per heavy atom. The summed E-state index contributed by atoms with van der Waals surface area (Å²) in [5.74, 6) is -0.373. The van der Waals surface area contributed by atoms with Crippen molar-refractivity contribution in [2.24, 2.45) is 5.41 Å². The van der Waals surface area contributed by atoms with E-state index < -0.39 is 0 Å². The van der Waals surface area contributed by atoms with Crippen LogP contribution in [0.1, 0.15) is 78.6 Å². The average molecular weight is 504 g/mol. The Balaban J connectivity index is 1.23. The second-order valence-electron chi connectivity index (χ2n) is 11.7. The highest BCUT2D eigenvalue weighted by atomic mass is 16.2. The van der Waals surface area contributed by atoms with E-state index in [4.69, 9.17) is 0 Å². The lowest BCUT2D eigenvalue weighted by molar-refractivity contribution is 0.0647. The number of hydrogen-bond acceptors (Lipinski definition) is 5. The number of rotatable bonds is 7. The lowest BCUT2D eigenvalue weighted by atomic mass is 9.71. The topological polar surface area (TPSA) is 61.7 Å². The molecule has 2 amide bonds. The Bertz CT molecular complexity index is 1230. The van der Waals surface area contributed by atoms with Crippen molar-refractivity contribution in [2.45, 2.75) is 66.8 Å². The van der Waals surface area contributed by atoms with Gasteiger partial charge < -0.3 is 4.90 Å². The average Bonchev–Trinajstić information content (AvgIpc) is 3.31. The molecule has 0 N–H and O–H groups in total. The molecule has 5 rings (SSSR count). The maximum absolute atomic E-state index is 13.4. The van der Waals surface area contributed by atoms with Gasteiger partial charge >= 0.3 is 0 Å². The van der Waals surface area contributed by atoms with Crippen LogP contribution < -0.4 is 4.90 Å². The number of imide groups is 1. The number of hydrogen-bond donors (Lipinski definition) is 0. The van der Waals surface area contributed by atoms with Gasteiger partial charge in [0, 0.05) is 45.0 Å². The molecule has 1 aromatic carbocycles. The zero-order chi connectivity index (χ0) is 26.3. The summed E-state index contributed by atoms with van der Waals surface area (Å²) in [4.78, 5) is 32.9. The molecule has 3 aliphatic rings. The number of benzene rings is 1. The minimum absolute atomic E-state index is 0.179. The van der Waals surface area contributed by atoms with Crippen molar-refractivity contribution >= 4 is 17.5 Å². The Morgan fingerprint density at radius 1 is 0.946 bits per heavy atom. The van der Waals surface area contributed by atoms with E-state index in [0.717, 1.165) is 56.2 Å². The van der Waals surface area contributed by atoms with E-state index in [2.05, 4.69) is 35.7 Å². The van der Waals surface area contributed by atoms with Crippen molar-refractivity contribution in [1.82, 2.24) is 19.6 Å². The van der Waals surface area contributed by atoms with Crippen LogP contribution in [-0.2, 0) is 6.54 Å². The smallest absolute Gasteiger partial charge is 0.263 e. The van der Waals surface area contributed by atoms with E-state index >= 15 is 0 Å². The molecule has 7 nitrogen and oxygen atoms in total. The highest BCUT2D eigenvalue weighted by Crippen LogP contribution is 2.42. The van der Waals surface area contributed by atoms with Gasteiger partial charge in [-0.1, -0.05) is 31.1 Å². The summed E-state index contributed by atoms with van der Waals surface area (Å²) in [5.41, 5.74) is 7.55. The number of aromatic nitrogens is 2. The van der Waals surface area contributed by atoms with E-state index in [0.29, 0.717) is 29.6 Å². The SMILES string of the molecule is CC1=C(CCN2CCN(c3cccc4c3C(=O)N(CCn3nc(C)cc3C)C4=O)CC2)C(C)(C)CCC1. The van der Waals surface area contributed by atoms with Gasteiger partial charge in [-0.25, -0.2) is 0 Å². The van der Waals surface area contributed by atoms with Crippen molar-refractivity contribution in [3.8, 4) is 0 Å². The lowest BCUT2D eigenvalue weighted by Crippen LogP contribution is -2.47. The first-order valence-electron chi connectivity index (χ1n) is 13.8. The first kappa shape index (κ1) is 25.7. The monoisotopic (exact) mass is 503 g/mol. The van der Waals surface area contributed by atoms with E-state index in [-0.39, 0.29) is 11.8 Å². The molecule has 0 saturated carbocycles. The fourth-order valence-corrected chi connectivity index (χ4v) is 6.59. The van der Waals surface area contributed by atoms with Crippen LogP contribution in [-0.4, -0.2) is 70.7 Å². The predicted molar refractivity (Wildman–Crippen MR) is 147 cm³/mol. The van der Waals surface area contributed by atoms with Crippen molar-refractivity contribution in [2.75, 3.05) is 44.2 Å². The third-order valence-electron chi connectivity index (χ3n) is 8.69. The summed E-state index contributed by atoms with van der Waals surface area (Å²) in [7, 11) is 0. The van der Waals surface area contributed by atoms with Gasteiger partial charge in [0.05, 0.1) is 29.1 Å². The van der Waals surface area contributed by atoms with E-state index in [1.807, 2.05) is 36.7 Å². The number of carbonyl (C=O) groups is 2. The number of anilines is 1. The molecule has 1 saturated heterocycles. The van der Waals surface area contributed by atoms with Crippen LogP contribution in [0.5, 0.6) is 0 Å². The molecule has 1 aromatic heterocycles. The van der Waals surface area contributed by atoms with Crippen LogP contribution in [0.4, 0.5) is 5.69 Å². The number of allylic oxidation sites excluding steroid dienone is 1. The quantitative estimate of drug-likeness (QED) is 0.400. The van der Waals surface area contributed by atoms with E-state index in [1.165, 1.54) is 24.2 Å². The third-order valence-corrected chi connectivity index (χ3v) is 8.69. The molecular formula is C30H41N5O2. The third kappa shape index (κ3) is 4.98. The van der Waals surface area contributed by atoms with Crippen molar-refractivity contribution in [3.63, 3.8) is 0 Å². The number of carbonyl (C=O) groups excluding carboxylic acids is 2. The first-order valence-corrected chi connectivity index (χ1v) is 13.8. The van der Waals surface area contributed by atoms with Crippen molar-refractivity contribution in [1.29, 1.82) is 0 Å². The fraction of sp³-hybridized carbons (Fsp3) is 0.567. The summed E-state index contributed by atoms with van der Waals surface area (Å²) < 4.78 is 1.87. The number of amides is 2. The van der Waals surface area contributed by atoms with Gasteiger partial charge in [0.25, 0.3) is 11.8 Å². The number of aryl methyl sites for hydroxylation is 2. The van der Waals surface area contributed by atoms with Crippen LogP contribution in [0.3, 0.4) is 0 Å². The van der Waals surface area contributed by atoms with Gasteiger partial charge in [-0.2, -0.15) is 5.10 Å². The van der Waals surface area contributed by atoms with Crippen LogP contribution in [0.2, 0.25) is 0 Å². The van der Waals surface area contributed by atoms with Crippen LogP contribution in [0.25, 0.3) is 0 Å². The molecule has 0 atom stereocenters. The van der Waals surface area contributed by atoms with Gasteiger partial charge in [0.1, 0.15) is 0 Å². The van der Waals surface area contributed by atoms with Crippen molar-refractivity contribution < 1.29 is 9.59 Å². The predicted octanol–water partition coefficient (Wildman–Crippen LogP) is 4.83. The summed E-state index contributed by atoms with van der Waals surface area (Å²) in [5, 5.41) is 4.48. The van der Waals surface area contributed by atoms with Crippen LogP contribution >= 0.6 is 0 Å². The molecule has 0 spiro atoms. The molecule has 0 radical (unpaired) electrons. The Morgan fingerprint density at radius 2 is 1.70 bits per heavy atom. The highest BCUT2D eigenvalue weighted by Gasteiger charge is 2.38. The van der Waals surface area contributed by atoms with Gasteiger partial charge in [-0.15, -0.1) is 0 Å². The molecular weight excluding hydrogens is 462 g/mol. The second kappa shape index (κ2) is 10.1. The molecule has 198 valence electrons. The van der Waals surface area contributed by atoms with E-state index in [9.17, 15) is 9.59 Å². The maximum atomic E-state index is 13.4. The molecule has 1 aliphatic carbocycles. The minimum Gasteiger partial charge on any atom is -0.368 e. The second-order valence-corrected chi connectivity index (χ2v) is 11.7. The molecule has 7 heteroatoms. The van der Waals surface area contributed by atoms with Crippen LogP contribution in [0, 0.1) is 19.3 Å². The van der Waals surface area contributed by atoms with Gasteiger partial charge in [-0.3, -0.25) is 24.1 Å². The zero-order valence-electron chi connectivity index (χ0n) is 23.1. The Labute approximate surface area is 221 Å². The summed E-state index contributed by atoms with van der Waals surface area (Å²) in [6.07, 6.45) is 4.99. The molecule has 2 aliphatic heterocycles. The summed E-state index contributed by atoms with van der Waals surface area (Å²) in [6, 6.07) is 7.72. The standard InChI is InChI=1S/C30H41N5O2/c1-21-8-7-12-30(4,5)25(21)11-13-32-14-16-33(17-15-32)26-10-6-9-24-27(26)29(37)34(28(24)36)18-19-35-23(3)20-22(2)31-35/h6,9-10,20H,7-8,11-19H2,1-5H3. The molecule has 2 aromatic rings. The summed E-state index contributed by atoms with van der Waals surface area (Å²) >= 11 is 0. The first-order chi connectivity index (χ1) is 17.7. The zero-order valence-corrected chi connectivity index (χ0v) is 23.1.